The first-order valence-corrected chi connectivity index (χ1v) is 8.29. The van der Waals surface area contributed by atoms with E-state index >= 15 is 0 Å². The van der Waals surface area contributed by atoms with Crippen LogP contribution in [0.3, 0.4) is 0 Å². The van der Waals surface area contributed by atoms with Gasteiger partial charge in [-0.05, 0) is 37.9 Å². The van der Waals surface area contributed by atoms with E-state index in [4.69, 9.17) is 0 Å². The molecule has 4 heteroatoms. The number of rotatable bonds is 5. The van der Waals surface area contributed by atoms with E-state index in [9.17, 15) is 5.11 Å². The molecule has 0 radical (unpaired) electrons. The van der Waals surface area contributed by atoms with E-state index in [1.165, 1.54) is 18.4 Å². The first-order valence-electron chi connectivity index (χ1n) is 8.29. The zero-order chi connectivity index (χ0) is 15.4. The number of likely N-dealkylation sites (tertiary alicyclic amines) is 1. The van der Waals surface area contributed by atoms with Gasteiger partial charge in [0.25, 0.3) is 0 Å². The third-order valence-corrected chi connectivity index (χ3v) is 4.57. The Morgan fingerprint density at radius 1 is 1.27 bits per heavy atom. The van der Waals surface area contributed by atoms with Gasteiger partial charge in [0.1, 0.15) is 0 Å². The maximum absolute atomic E-state index is 10.3. The van der Waals surface area contributed by atoms with Gasteiger partial charge in [-0.1, -0.05) is 31.5 Å². The summed E-state index contributed by atoms with van der Waals surface area (Å²) in [7, 11) is 0. The topological polar surface area (TPSA) is 41.3 Å². The van der Waals surface area contributed by atoms with Crippen LogP contribution in [-0.4, -0.2) is 38.5 Å². The second-order valence-corrected chi connectivity index (χ2v) is 6.14. The summed E-state index contributed by atoms with van der Waals surface area (Å²) in [5, 5.41) is 14.7. The van der Waals surface area contributed by atoms with Crippen molar-refractivity contribution < 1.29 is 5.11 Å². The van der Waals surface area contributed by atoms with Gasteiger partial charge in [0.2, 0.25) is 0 Å². The average Bonchev–Trinajstić information content (AvgIpc) is 3.04. The van der Waals surface area contributed by atoms with Crippen LogP contribution in [-0.2, 0) is 6.54 Å². The Kier molecular flexibility index (Phi) is 4.90. The van der Waals surface area contributed by atoms with E-state index in [0.717, 1.165) is 31.6 Å². The van der Waals surface area contributed by atoms with E-state index in [1.54, 1.807) is 0 Å². The SMILES string of the molecule is CCC(O)C1CCCCN1Cc1cnn(-c2ccccc2)c1. The van der Waals surface area contributed by atoms with Crippen LogP contribution < -0.4 is 0 Å². The molecule has 0 aliphatic carbocycles. The standard InChI is InChI=1S/C18H25N3O/c1-2-18(22)17-10-6-7-11-20(17)13-15-12-19-21(14-15)16-8-4-3-5-9-16/h3-5,8-9,12,14,17-18,22H,2,6-7,10-11,13H2,1H3. The van der Waals surface area contributed by atoms with Crippen LogP contribution in [0.1, 0.15) is 38.2 Å². The van der Waals surface area contributed by atoms with Crippen molar-refractivity contribution in [3.05, 3.63) is 48.3 Å². The molecule has 22 heavy (non-hydrogen) atoms. The fraction of sp³-hybridized carbons (Fsp3) is 0.500. The fourth-order valence-electron chi connectivity index (χ4n) is 3.32. The number of aliphatic hydroxyl groups excluding tert-OH is 1. The summed E-state index contributed by atoms with van der Waals surface area (Å²) >= 11 is 0. The monoisotopic (exact) mass is 299 g/mol. The predicted molar refractivity (Wildman–Crippen MR) is 87.9 cm³/mol. The molecule has 1 fully saturated rings. The highest BCUT2D eigenvalue weighted by atomic mass is 16.3. The normalized spacial score (nSPS) is 20.9. The van der Waals surface area contributed by atoms with Gasteiger partial charge in [0.15, 0.2) is 0 Å². The Labute approximate surface area is 132 Å². The van der Waals surface area contributed by atoms with Crippen LogP contribution in [0.5, 0.6) is 0 Å². The van der Waals surface area contributed by atoms with Gasteiger partial charge in [-0.15, -0.1) is 0 Å². The molecule has 2 aromatic rings. The molecule has 0 bridgehead atoms. The van der Waals surface area contributed by atoms with Crippen LogP contribution in [0, 0.1) is 0 Å². The first-order chi connectivity index (χ1) is 10.8. The molecule has 2 atom stereocenters. The molecule has 2 heterocycles. The van der Waals surface area contributed by atoms with E-state index in [2.05, 4.69) is 35.3 Å². The van der Waals surface area contributed by atoms with Crippen LogP contribution in [0.2, 0.25) is 0 Å². The lowest BCUT2D eigenvalue weighted by molar-refractivity contribution is 0.0195. The third-order valence-electron chi connectivity index (χ3n) is 4.57. The van der Waals surface area contributed by atoms with Gasteiger partial charge in [0, 0.05) is 24.3 Å². The minimum atomic E-state index is -0.218. The Morgan fingerprint density at radius 2 is 2.09 bits per heavy atom. The molecule has 1 aliphatic heterocycles. The minimum absolute atomic E-state index is 0.218. The van der Waals surface area contributed by atoms with Crippen molar-refractivity contribution in [2.24, 2.45) is 0 Å². The molecule has 0 saturated carbocycles. The molecule has 1 aliphatic rings. The molecule has 4 nitrogen and oxygen atoms in total. The number of aliphatic hydroxyl groups is 1. The van der Waals surface area contributed by atoms with Crippen LogP contribution in [0.15, 0.2) is 42.7 Å². The molecule has 1 aromatic carbocycles. The fourth-order valence-corrected chi connectivity index (χ4v) is 3.32. The Hall–Kier alpha value is -1.65. The highest BCUT2D eigenvalue weighted by molar-refractivity contribution is 5.30. The molecule has 0 amide bonds. The van der Waals surface area contributed by atoms with Crippen molar-refractivity contribution in [3.8, 4) is 5.69 Å². The van der Waals surface area contributed by atoms with Gasteiger partial charge in [-0.25, -0.2) is 4.68 Å². The van der Waals surface area contributed by atoms with Crippen LogP contribution in [0.25, 0.3) is 5.69 Å². The maximum atomic E-state index is 10.3. The average molecular weight is 299 g/mol. The van der Waals surface area contributed by atoms with Gasteiger partial charge in [-0.2, -0.15) is 5.10 Å². The molecule has 0 spiro atoms. The summed E-state index contributed by atoms with van der Waals surface area (Å²) in [6, 6.07) is 10.5. The summed E-state index contributed by atoms with van der Waals surface area (Å²) < 4.78 is 1.92. The molecule has 1 aromatic heterocycles. The van der Waals surface area contributed by atoms with Crippen molar-refractivity contribution in [2.45, 2.75) is 51.3 Å². The van der Waals surface area contributed by atoms with E-state index in [0.29, 0.717) is 6.04 Å². The predicted octanol–water partition coefficient (Wildman–Crippen LogP) is 3.00. The lowest BCUT2D eigenvalue weighted by atomic mass is 9.95. The lowest BCUT2D eigenvalue weighted by Gasteiger charge is -2.38. The van der Waals surface area contributed by atoms with E-state index in [-0.39, 0.29) is 6.10 Å². The molecular weight excluding hydrogens is 274 g/mol. The summed E-state index contributed by atoms with van der Waals surface area (Å²) in [5.74, 6) is 0. The second-order valence-electron chi connectivity index (χ2n) is 6.14. The largest absolute Gasteiger partial charge is 0.392 e. The highest BCUT2D eigenvalue weighted by Gasteiger charge is 2.27. The molecule has 3 rings (SSSR count). The Balaban J connectivity index is 1.71. The molecular formula is C18H25N3O. The molecule has 2 unspecified atom stereocenters. The van der Waals surface area contributed by atoms with Gasteiger partial charge in [0.05, 0.1) is 18.0 Å². The lowest BCUT2D eigenvalue weighted by Crippen LogP contribution is -2.46. The van der Waals surface area contributed by atoms with Crippen molar-refractivity contribution in [1.82, 2.24) is 14.7 Å². The summed E-state index contributed by atoms with van der Waals surface area (Å²) in [5.41, 5.74) is 2.29. The first kappa shape index (κ1) is 15.3. The summed E-state index contributed by atoms with van der Waals surface area (Å²) in [6.07, 6.45) is 8.19. The van der Waals surface area contributed by atoms with Gasteiger partial charge < -0.3 is 5.11 Å². The van der Waals surface area contributed by atoms with Gasteiger partial charge in [-0.3, -0.25) is 4.90 Å². The maximum Gasteiger partial charge on any atom is 0.0692 e. The third kappa shape index (κ3) is 3.39. The summed E-state index contributed by atoms with van der Waals surface area (Å²) in [6.45, 7) is 4.00. The Bertz CT molecular complexity index is 581. The number of aromatic nitrogens is 2. The smallest absolute Gasteiger partial charge is 0.0692 e. The number of hydrogen-bond donors (Lipinski definition) is 1. The van der Waals surface area contributed by atoms with Crippen LogP contribution >= 0.6 is 0 Å². The zero-order valence-electron chi connectivity index (χ0n) is 13.2. The number of piperidine rings is 1. The second kappa shape index (κ2) is 7.07. The number of para-hydroxylation sites is 1. The van der Waals surface area contributed by atoms with Gasteiger partial charge >= 0.3 is 0 Å². The minimum Gasteiger partial charge on any atom is -0.392 e. The van der Waals surface area contributed by atoms with Crippen molar-refractivity contribution in [2.75, 3.05) is 6.54 Å². The molecule has 1 saturated heterocycles. The van der Waals surface area contributed by atoms with Crippen molar-refractivity contribution >= 4 is 0 Å². The van der Waals surface area contributed by atoms with E-state index < -0.39 is 0 Å². The number of nitrogens with zero attached hydrogens (tertiary/aromatic N) is 3. The zero-order valence-corrected chi connectivity index (χ0v) is 13.2. The molecule has 118 valence electrons. The molecule has 1 N–H and O–H groups in total. The van der Waals surface area contributed by atoms with Crippen molar-refractivity contribution in [1.29, 1.82) is 0 Å². The Morgan fingerprint density at radius 3 is 2.86 bits per heavy atom. The summed E-state index contributed by atoms with van der Waals surface area (Å²) in [4.78, 5) is 2.42. The van der Waals surface area contributed by atoms with E-state index in [1.807, 2.05) is 29.1 Å². The van der Waals surface area contributed by atoms with Crippen molar-refractivity contribution in [3.63, 3.8) is 0 Å². The quantitative estimate of drug-likeness (QED) is 0.923. The number of hydrogen-bond acceptors (Lipinski definition) is 3. The van der Waals surface area contributed by atoms with Crippen LogP contribution in [0.4, 0.5) is 0 Å². The highest BCUT2D eigenvalue weighted by Crippen LogP contribution is 2.23. The number of benzene rings is 1.